The summed E-state index contributed by atoms with van der Waals surface area (Å²) in [4.78, 5) is 14.9. The van der Waals surface area contributed by atoms with Crippen LogP contribution >= 0.6 is 11.6 Å². The number of benzene rings is 1. The Balaban J connectivity index is 2.60. The van der Waals surface area contributed by atoms with Gasteiger partial charge in [-0.15, -0.1) is 0 Å². The van der Waals surface area contributed by atoms with Gasteiger partial charge in [-0.1, -0.05) is 11.6 Å². The smallest absolute Gasteiger partial charge is 0.170 e. The number of nitrogens with zero attached hydrogens (tertiary/aromatic N) is 2. The third-order valence-electron chi connectivity index (χ3n) is 2.51. The minimum absolute atomic E-state index is 0.375. The summed E-state index contributed by atoms with van der Waals surface area (Å²) in [7, 11) is 3.39. The van der Waals surface area contributed by atoms with Crippen LogP contribution in [0, 0.1) is 0 Å². The maximum atomic E-state index is 10.9. The van der Waals surface area contributed by atoms with Crippen LogP contribution in [-0.4, -0.2) is 22.9 Å². The van der Waals surface area contributed by atoms with Crippen LogP contribution in [0.15, 0.2) is 24.5 Å². The molecule has 0 N–H and O–H groups in total. The van der Waals surface area contributed by atoms with E-state index in [1.54, 1.807) is 30.1 Å². The van der Waals surface area contributed by atoms with Crippen LogP contribution in [0.5, 0.6) is 5.75 Å². The van der Waals surface area contributed by atoms with Crippen molar-refractivity contribution in [1.29, 1.82) is 0 Å². The molecule has 0 aliphatic carbocycles. The zero-order valence-corrected chi connectivity index (χ0v) is 10.2. The highest BCUT2D eigenvalue weighted by atomic mass is 35.5. The summed E-state index contributed by atoms with van der Waals surface area (Å²) in [5.41, 5.74) is 1.83. The predicted molar refractivity (Wildman–Crippen MR) is 65.6 cm³/mol. The first-order valence-electron chi connectivity index (χ1n) is 4.97. The Hall–Kier alpha value is -1.81. The van der Waals surface area contributed by atoms with E-state index in [1.807, 2.05) is 13.1 Å². The second-order valence-electron chi connectivity index (χ2n) is 3.55. The van der Waals surface area contributed by atoms with Crippen LogP contribution in [0.1, 0.15) is 10.5 Å². The molecule has 88 valence electrons. The number of rotatable bonds is 3. The first-order valence-corrected chi connectivity index (χ1v) is 5.35. The normalized spacial score (nSPS) is 10.3. The number of imidazole rings is 1. The van der Waals surface area contributed by atoms with E-state index in [4.69, 9.17) is 16.3 Å². The van der Waals surface area contributed by atoms with Crippen molar-refractivity contribution in [3.8, 4) is 17.0 Å². The summed E-state index contributed by atoms with van der Waals surface area (Å²) in [6.45, 7) is 0. The maximum absolute atomic E-state index is 10.9. The van der Waals surface area contributed by atoms with Crippen LogP contribution in [-0.2, 0) is 7.05 Å². The van der Waals surface area contributed by atoms with E-state index in [9.17, 15) is 4.79 Å². The molecule has 17 heavy (non-hydrogen) atoms. The lowest BCUT2D eigenvalue weighted by Crippen LogP contribution is -1.94. The number of ether oxygens (including phenoxy) is 1. The maximum Gasteiger partial charge on any atom is 0.170 e. The van der Waals surface area contributed by atoms with Gasteiger partial charge in [0.05, 0.1) is 24.2 Å². The minimum Gasteiger partial charge on any atom is -0.497 e. The van der Waals surface area contributed by atoms with Crippen molar-refractivity contribution in [3.05, 3.63) is 35.2 Å². The van der Waals surface area contributed by atoms with Crippen LogP contribution < -0.4 is 4.74 Å². The highest BCUT2D eigenvalue weighted by Crippen LogP contribution is 2.32. The number of hydrogen-bond acceptors (Lipinski definition) is 3. The number of methoxy groups -OCH3 is 1. The highest BCUT2D eigenvalue weighted by Gasteiger charge is 2.14. The average Bonchev–Trinajstić information content (AvgIpc) is 2.70. The third kappa shape index (κ3) is 2.03. The molecule has 1 aromatic carbocycles. The second kappa shape index (κ2) is 4.59. The predicted octanol–water partition coefficient (Wildman–Crippen LogP) is 2.56. The van der Waals surface area contributed by atoms with Gasteiger partial charge in [0.15, 0.2) is 6.29 Å². The van der Waals surface area contributed by atoms with Gasteiger partial charge in [-0.3, -0.25) is 4.79 Å². The Labute approximate surface area is 104 Å². The number of carbonyl (C=O) groups is 1. The fourth-order valence-electron chi connectivity index (χ4n) is 1.68. The number of aryl methyl sites for hydroxylation is 1. The first-order chi connectivity index (χ1) is 8.17. The largest absolute Gasteiger partial charge is 0.497 e. The van der Waals surface area contributed by atoms with Crippen LogP contribution in [0.4, 0.5) is 0 Å². The van der Waals surface area contributed by atoms with Gasteiger partial charge < -0.3 is 9.30 Å². The molecule has 0 spiro atoms. The minimum atomic E-state index is 0.375. The molecule has 0 aliphatic rings. The molecule has 1 heterocycles. The average molecular weight is 251 g/mol. The van der Waals surface area contributed by atoms with Gasteiger partial charge in [-0.05, 0) is 18.2 Å². The van der Waals surface area contributed by atoms with E-state index < -0.39 is 0 Å². The molecular weight excluding hydrogens is 240 g/mol. The van der Waals surface area contributed by atoms with Gasteiger partial charge >= 0.3 is 0 Å². The van der Waals surface area contributed by atoms with E-state index in [2.05, 4.69) is 4.98 Å². The van der Waals surface area contributed by atoms with Crippen LogP contribution in [0.25, 0.3) is 11.3 Å². The summed E-state index contributed by atoms with van der Waals surface area (Å²) in [6, 6.07) is 5.31. The molecule has 2 aromatic rings. The van der Waals surface area contributed by atoms with Gasteiger partial charge in [0, 0.05) is 12.6 Å². The van der Waals surface area contributed by atoms with Crippen LogP contribution in [0.2, 0.25) is 5.02 Å². The van der Waals surface area contributed by atoms with Gasteiger partial charge in [-0.2, -0.15) is 0 Å². The number of carbonyl (C=O) groups excluding carboxylic acids is 1. The topological polar surface area (TPSA) is 44.1 Å². The van der Waals surface area contributed by atoms with Crippen molar-refractivity contribution in [2.75, 3.05) is 7.11 Å². The Morgan fingerprint density at radius 1 is 1.47 bits per heavy atom. The monoisotopic (exact) mass is 250 g/mol. The molecule has 4 nitrogen and oxygen atoms in total. The first kappa shape index (κ1) is 11.7. The molecule has 0 atom stereocenters. The lowest BCUT2D eigenvalue weighted by Gasteiger charge is -2.08. The Bertz CT molecular complexity index is 564. The standard InChI is InChI=1S/C12H11ClN2O2/c1-15-7-14-11(6-16)12(15)9-4-3-8(17-2)5-10(9)13/h3-7H,1-2H3. The second-order valence-corrected chi connectivity index (χ2v) is 3.96. The Morgan fingerprint density at radius 2 is 2.24 bits per heavy atom. The number of hydrogen-bond donors (Lipinski definition) is 0. The quantitative estimate of drug-likeness (QED) is 0.787. The van der Waals surface area contributed by atoms with E-state index in [0.717, 1.165) is 11.8 Å². The number of aromatic nitrogens is 2. The molecule has 0 saturated heterocycles. The molecule has 0 bridgehead atoms. The fraction of sp³-hybridized carbons (Fsp3) is 0.167. The Morgan fingerprint density at radius 3 is 2.82 bits per heavy atom. The molecule has 0 radical (unpaired) electrons. The van der Waals surface area contributed by atoms with E-state index in [0.29, 0.717) is 22.2 Å². The van der Waals surface area contributed by atoms with E-state index >= 15 is 0 Å². The van der Waals surface area contributed by atoms with Gasteiger partial charge in [0.25, 0.3) is 0 Å². The highest BCUT2D eigenvalue weighted by molar-refractivity contribution is 6.33. The molecule has 0 saturated carbocycles. The lowest BCUT2D eigenvalue weighted by molar-refractivity contribution is 0.112. The van der Waals surface area contributed by atoms with Gasteiger partial charge in [-0.25, -0.2) is 4.98 Å². The molecule has 5 heteroatoms. The number of halogens is 1. The third-order valence-corrected chi connectivity index (χ3v) is 2.82. The molecular formula is C12H11ClN2O2. The number of aldehydes is 1. The van der Waals surface area contributed by atoms with Crippen molar-refractivity contribution in [1.82, 2.24) is 9.55 Å². The summed E-state index contributed by atoms with van der Waals surface area (Å²) < 4.78 is 6.84. The van der Waals surface area contributed by atoms with Crippen molar-refractivity contribution in [2.45, 2.75) is 0 Å². The van der Waals surface area contributed by atoms with Crippen molar-refractivity contribution in [3.63, 3.8) is 0 Å². The van der Waals surface area contributed by atoms with E-state index in [-0.39, 0.29) is 0 Å². The molecule has 0 fully saturated rings. The molecule has 0 amide bonds. The van der Waals surface area contributed by atoms with Gasteiger partial charge in [0.2, 0.25) is 0 Å². The Kier molecular flexibility index (Phi) is 3.15. The molecule has 0 aliphatic heterocycles. The summed E-state index contributed by atoms with van der Waals surface area (Å²) >= 11 is 6.16. The summed E-state index contributed by atoms with van der Waals surface area (Å²) in [6.07, 6.45) is 2.30. The molecule has 1 aromatic heterocycles. The SMILES string of the molecule is COc1ccc(-c2c(C=O)ncn2C)c(Cl)c1. The fourth-order valence-corrected chi connectivity index (χ4v) is 1.94. The van der Waals surface area contributed by atoms with Crippen molar-refractivity contribution in [2.24, 2.45) is 7.05 Å². The molecule has 0 unspecified atom stereocenters. The zero-order chi connectivity index (χ0) is 12.4. The van der Waals surface area contributed by atoms with Gasteiger partial charge in [0.1, 0.15) is 11.4 Å². The van der Waals surface area contributed by atoms with E-state index in [1.165, 1.54) is 0 Å². The zero-order valence-electron chi connectivity index (χ0n) is 9.48. The van der Waals surface area contributed by atoms with Crippen molar-refractivity contribution >= 4 is 17.9 Å². The summed E-state index contributed by atoms with van der Waals surface area (Å²) in [5, 5.41) is 0.524. The lowest BCUT2D eigenvalue weighted by atomic mass is 10.1. The molecule has 2 rings (SSSR count). The summed E-state index contributed by atoms with van der Waals surface area (Å²) in [5.74, 6) is 0.675. The van der Waals surface area contributed by atoms with Crippen LogP contribution in [0.3, 0.4) is 0 Å². The van der Waals surface area contributed by atoms with Crippen molar-refractivity contribution < 1.29 is 9.53 Å².